The zero-order valence-corrected chi connectivity index (χ0v) is 20.3. The number of carbonyl (C=O) groups excluding carboxylic acids is 1. The lowest BCUT2D eigenvalue weighted by molar-refractivity contribution is -0.137. The quantitative estimate of drug-likeness (QED) is 0.230. The van der Waals surface area contributed by atoms with Crippen molar-refractivity contribution in [3.05, 3.63) is 89.6 Å². The van der Waals surface area contributed by atoms with Crippen molar-refractivity contribution in [1.29, 1.82) is 0 Å². The fraction of sp³-hybridized carbons (Fsp3) is 0.259. The van der Waals surface area contributed by atoms with Gasteiger partial charge in [-0.05, 0) is 66.3 Å². The number of nitrogens with zero attached hydrogens (tertiary/aromatic N) is 3. The molecule has 2 aromatic heterocycles. The highest BCUT2D eigenvalue weighted by Gasteiger charge is 2.34. The Balaban J connectivity index is 1.50. The first-order valence-corrected chi connectivity index (χ1v) is 12.0. The van der Waals surface area contributed by atoms with Crippen molar-refractivity contribution < 1.29 is 27.8 Å². The molecule has 11 heteroatoms. The van der Waals surface area contributed by atoms with Crippen molar-refractivity contribution in [3.63, 3.8) is 0 Å². The minimum absolute atomic E-state index is 0.0466. The molecule has 4 aromatic rings. The zero-order valence-electron chi connectivity index (χ0n) is 20.3. The first kappa shape index (κ1) is 26.8. The molecule has 0 fully saturated rings. The number of rotatable bonds is 11. The van der Waals surface area contributed by atoms with Crippen LogP contribution in [0.2, 0.25) is 0 Å². The molecule has 0 saturated heterocycles. The smallest absolute Gasteiger partial charge is 0.417 e. The van der Waals surface area contributed by atoms with Crippen molar-refractivity contribution in [3.8, 4) is 16.9 Å². The van der Waals surface area contributed by atoms with Crippen LogP contribution in [0.1, 0.15) is 46.8 Å². The van der Waals surface area contributed by atoms with Gasteiger partial charge < -0.3 is 15.2 Å². The summed E-state index contributed by atoms with van der Waals surface area (Å²) in [6.07, 6.45) is -0.793. The van der Waals surface area contributed by atoms with Crippen LogP contribution in [0.3, 0.4) is 0 Å². The molecule has 8 nitrogen and oxygen atoms in total. The molecule has 4 rings (SSSR count). The minimum atomic E-state index is -4.60. The van der Waals surface area contributed by atoms with Gasteiger partial charge in [-0.25, -0.2) is 9.97 Å². The lowest BCUT2D eigenvalue weighted by Gasteiger charge is -2.16. The summed E-state index contributed by atoms with van der Waals surface area (Å²) in [6, 6.07) is 15.9. The molecule has 0 aliphatic heterocycles. The van der Waals surface area contributed by atoms with E-state index in [4.69, 9.17) is 9.84 Å². The SMILES string of the molecule is O=C(Nc1cc(-c2cc(OCCCCCO)ccc2C(F)(F)F)ccn1)c1n[nH]c(Cc2ccccc2)n1. The van der Waals surface area contributed by atoms with Crippen molar-refractivity contribution in [2.75, 3.05) is 18.5 Å². The lowest BCUT2D eigenvalue weighted by Crippen LogP contribution is -2.15. The van der Waals surface area contributed by atoms with Gasteiger partial charge in [0.2, 0.25) is 5.82 Å². The highest BCUT2D eigenvalue weighted by molar-refractivity contribution is 6.01. The van der Waals surface area contributed by atoms with Crippen LogP contribution >= 0.6 is 0 Å². The first-order valence-electron chi connectivity index (χ1n) is 12.0. The molecule has 2 aromatic carbocycles. The highest BCUT2D eigenvalue weighted by atomic mass is 19.4. The molecule has 1 amide bonds. The number of H-pyrrole nitrogens is 1. The highest BCUT2D eigenvalue weighted by Crippen LogP contribution is 2.39. The van der Waals surface area contributed by atoms with Crippen LogP contribution in [0.15, 0.2) is 66.9 Å². The Hall–Kier alpha value is -4.25. The topological polar surface area (TPSA) is 113 Å². The summed E-state index contributed by atoms with van der Waals surface area (Å²) in [5.41, 5.74) is 0.245. The number of aliphatic hydroxyl groups excluding tert-OH is 1. The number of unbranched alkanes of at least 4 members (excludes halogenated alkanes) is 2. The van der Waals surface area contributed by atoms with Gasteiger partial charge in [-0.3, -0.25) is 9.89 Å². The van der Waals surface area contributed by atoms with Gasteiger partial charge in [-0.15, -0.1) is 5.10 Å². The summed E-state index contributed by atoms with van der Waals surface area (Å²) in [6.45, 7) is 0.391. The Morgan fingerprint density at radius 1 is 1.03 bits per heavy atom. The largest absolute Gasteiger partial charge is 0.494 e. The molecule has 0 bridgehead atoms. The Morgan fingerprint density at radius 2 is 1.84 bits per heavy atom. The lowest BCUT2D eigenvalue weighted by atomic mass is 9.99. The van der Waals surface area contributed by atoms with Gasteiger partial charge in [0.25, 0.3) is 5.91 Å². The van der Waals surface area contributed by atoms with Gasteiger partial charge >= 0.3 is 6.18 Å². The number of anilines is 1. The van der Waals surface area contributed by atoms with Crippen LogP contribution in [0.5, 0.6) is 5.75 Å². The number of halogens is 3. The second kappa shape index (κ2) is 12.3. The molecule has 0 atom stereocenters. The molecule has 38 heavy (non-hydrogen) atoms. The van der Waals surface area contributed by atoms with Crippen molar-refractivity contribution in [2.45, 2.75) is 31.9 Å². The molecule has 2 heterocycles. The Labute approximate surface area is 216 Å². The summed E-state index contributed by atoms with van der Waals surface area (Å²) in [7, 11) is 0. The van der Waals surface area contributed by atoms with E-state index >= 15 is 0 Å². The summed E-state index contributed by atoms with van der Waals surface area (Å²) in [5, 5.41) is 18.1. The minimum Gasteiger partial charge on any atom is -0.494 e. The number of amides is 1. The van der Waals surface area contributed by atoms with Gasteiger partial charge in [0.1, 0.15) is 17.4 Å². The predicted octanol–water partition coefficient (Wildman–Crippen LogP) is 5.27. The number of aromatic amines is 1. The molecule has 0 aliphatic rings. The van der Waals surface area contributed by atoms with E-state index in [2.05, 4.69) is 25.5 Å². The molecular formula is C27H26F3N5O3. The summed E-state index contributed by atoms with van der Waals surface area (Å²) in [4.78, 5) is 21.0. The van der Waals surface area contributed by atoms with E-state index in [1.165, 1.54) is 30.5 Å². The standard InChI is InChI=1S/C27H26F3N5O3/c28-27(29,30)22-10-9-20(38-14-6-2-5-13-36)17-21(22)19-11-12-31-23(16-19)33-26(37)25-32-24(34-35-25)15-18-7-3-1-4-8-18/h1,3-4,7-12,16-17,36H,2,5-6,13-15H2,(H,31,33,37)(H,32,34,35). The summed E-state index contributed by atoms with van der Waals surface area (Å²) in [5.74, 6) is 0.0550. The molecule has 0 aliphatic carbocycles. The number of benzene rings is 2. The molecule has 198 valence electrons. The monoisotopic (exact) mass is 525 g/mol. The molecule has 0 unspecified atom stereocenters. The summed E-state index contributed by atoms with van der Waals surface area (Å²) < 4.78 is 47.0. The zero-order chi connectivity index (χ0) is 27.0. The van der Waals surface area contributed by atoms with Crippen LogP contribution in [-0.4, -0.2) is 44.4 Å². The number of hydrogen-bond donors (Lipinski definition) is 3. The summed E-state index contributed by atoms with van der Waals surface area (Å²) >= 11 is 0. The maximum Gasteiger partial charge on any atom is 0.417 e. The van der Waals surface area contributed by atoms with Gasteiger partial charge in [-0.1, -0.05) is 30.3 Å². The fourth-order valence-corrected chi connectivity index (χ4v) is 3.78. The van der Waals surface area contributed by atoms with E-state index in [0.29, 0.717) is 31.7 Å². The van der Waals surface area contributed by atoms with Crippen LogP contribution in [0.25, 0.3) is 11.1 Å². The number of ether oxygens (including phenoxy) is 1. The molecular weight excluding hydrogens is 499 g/mol. The number of aliphatic hydroxyl groups is 1. The molecule has 3 N–H and O–H groups in total. The van der Waals surface area contributed by atoms with Gasteiger partial charge in [0.05, 0.1) is 12.2 Å². The normalized spacial score (nSPS) is 11.4. The number of carbonyl (C=O) groups is 1. The maximum absolute atomic E-state index is 13.8. The van der Waals surface area contributed by atoms with E-state index in [0.717, 1.165) is 18.1 Å². The number of pyridine rings is 1. The van der Waals surface area contributed by atoms with Gasteiger partial charge in [-0.2, -0.15) is 13.2 Å². The van der Waals surface area contributed by atoms with Crippen molar-refractivity contribution in [2.24, 2.45) is 0 Å². The van der Waals surface area contributed by atoms with Gasteiger partial charge in [0, 0.05) is 19.2 Å². The van der Waals surface area contributed by atoms with E-state index in [9.17, 15) is 18.0 Å². The number of hydrogen-bond acceptors (Lipinski definition) is 6. The third kappa shape index (κ3) is 7.16. The van der Waals surface area contributed by atoms with Crippen molar-refractivity contribution >= 4 is 11.7 Å². The van der Waals surface area contributed by atoms with E-state index in [-0.39, 0.29) is 35.1 Å². The predicted molar refractivity (Wildman–Crippen MR) is 135 cm³/mol. The fourth-order valence-electron chi connectivity index (χ4n) is 3.78. The third-order valence-electron chi connectivity index (χ3n) is 5.63. The van der Waals surface area contributed by atoms with Crippen LogP contribution in [0, 0.1) is 0 Å². The maximum atomic E-state index is 13.8. The third-order valence-corrected chi connectivity index (χ3v) is 5.63. The average Bonchev–Trinajstić information content (AvgIpc) is 3.37. The number of alkyl halides is 3. The number of aromatic nitrogens is 4. The molecule has 0 spiro atoms. The molecule has 0 saturated carbocycles. The Morgan fingerprint density at radius 3 is 2.61 bits per heavy atom. The number of nitrogens with one attached hydrogen (secondary N) is 2. The second-order valence-corrected chi connectivity index (χ2v) is 8.49. The van der Waals surface area contributed by atoms with E-state index in [1.54, 1.807) is 0 Å². The van der Waals surface area contributed by atoms with Gasteiger partial charge in [0.15, 0.2) is 0 Å². The van der Waals surface area contributed by atoms with E-state index in [1.807, 2.05) is 30.3 Å². The van der Waals surface area contributed by atoms with Crippen LogP contribution in [0.4, 0.5) is 19.0 Å². The van der Waals surface area contributed by atoms with Crippen LogP contribution in [-0.2, 0) is 12.6 Å². The first-order chi connectivity index (χ1) is 18.3. The second-order valence-electron chi connectivity index (χ2n) is 8.49. The van der Waals surface area contributed by atoms with Crippen LogP contribution < -0.4 is 10.1 Å². The van der Waals surface area contributed by atoms with Crippen molar-refractivity contribution in [1.82, 2.24) is 20.2 Å². The molecule has 0 radical (unpaired) electrons. The Kier molecular flexibility index (Phi) is 8.70. The average molecular weight is 526 g/mol. The Bertz CT molecular complexity index is 1360. The van der Waals surface area contributed by atoms with E-state index < -0.39 is 17.6 Å².